The normalized spacial score (nSPS) is 40.8. The number of aliphatic hydroxyl groups is 2. The van der Waals surface area contributed by atoms with Crippen molar-refractivity contribution in [2.45, 2.75) is 24.4 Å². The Labute approximate surface area is 75.6 Å². The lowest BCUT2D eigenvalue weighted by molar-refractivity contribution is 0.0217. The molecule has 1 aromatic rings. The summed E-state index contributed by atoms with van der Waals surface area (Å²) in [6.07, 6.45) is -2.17. The molecule has 0 aromatic heterocycles. The summed E-state index contributed by atoms with van der Waals surface area (Å²) in [5, 5.41) is 19.1. The van der Waals surface area contributed by atoms with Crippen LogP contribution in [0.5, 0.6) is 0 Å². The third-order valence-electron chi connectivity index (χ3n) is 2.87. The molecule has 0 spiro atoms. The van der Waals surface area contributed by atoms with Gasteiger partial charge in [-0.25, -0.2) is 0 Å². The third kappa shape index (κ3) is 0.790. The highest BCUT2D eigenvalue weighted by Crippen LogP contribution is 2.50. The summed E-state index contributed by atoms with van der Waals surface area (Å²) in [5.74, 6) is 0. The van der Waals surface area contributed by atoms with Crippen molar-refractivity contribution in [1.82, 2.24) is 0 Å². The quantitative estimate of drug-likeness (QED) is 0.609. The number of ether oxygens (including phenoxy) is 1. The molecular weight excluding hydrogens is 168 g/mol. The summed E-state index contributed by atoms with van der Waals surface area (Å²) in [6.45, 7) is 0. The van der Waals surface area contributed by atoms with E-state index >= 15 is 0 Å². The number of hydrogen-bond donors (Lipinski definition) is 2. The Morgan fingerprint density at radius 2 is 1.38 bits per heavy atom. The van der Waals surface area contributed by atoms with Crippen LogP contribution >= 0.6 is 0 Å². The van der Waals surface area contributed by atoms with Crippen LogP contribution < -0.4 is 0 Å². The monoisotopic (exact) mass is 178 g/mol. The lowest BCUT2D eigenvalue weighted by Gasteiger charge is -2.21. The molecule has 0 aliphatic carbocycles. The van der Waals surface area contributed by atoms with Crippen molar-refractivity contribution in [1.29, 1.82) is 0 Å². The molecule has 68 valence electrons. The van der Waals surface area contributed by atoms with Crippen molar-refractivity contribution in [2.24, 2.45) is 0 Å². The predicted octanol–water partition coefficient (Wildman–Crippen LogP) is 0.534. The molecule has 2 heterocycles. The van der Waals surface area contributed by atoms with E-state index in [-0.39, 0.29) is 12.2 Å². The zero-order valence-corrected chi connectivity index (χ0v) is 6.92. The molecule has 2 aliphatic heterocycles. The van der Waals surface area contributed by atoms with E-state index in [1.54, 1.807) is 0 Å². The van der Waals surface area contributed by atoms with Crippen molar-refractivity contribution >= 4 is 0 Å². The summed E-state index contributed by atoms with van der Waals surface area (Å²) < 4.78 is 5.47. The van der Waals surface area contributed by atoms with Gasteiger partial charge in [0.25, 0.3) is 0 Å². The van der Waals surface area contributed by atoms with E-state index in [9.17, 15) is 10.2 Å². The van der Waals surface area contributed by atoms with E-state index < -0.39 is 12.2 Å². The molecule has 4 unspecified atom stereocenters. The molecule has 4 atom stereocenters. The van der Waals surface area contributed by atoms with Crippen molar-refractivity contribution in [3.05, 3.63) is 35.4 Å². The first-order chi connectivity index (χ1) is 6.29. The minimum Gasteiger partial charge on any atom is -0.387 e. The SMILES string of the molecule is OC1C2OC(c3ccccc32)C1O. The lowest BCUT2D eigenvalue weighted by atomic mass is 9.88. The maximum absolute atomic E-state index is 9.56. The Morgan fingerprint density at radius 3 is 1.85 bits per heavy atom. The minimum absolute atomic E-state index is 0.323. The van der Waals surface area contributed by atoms with Gasteiger partial charge < -0.3 is 14.9 Å². The van der Waals surface area contributed by atoms with Crippen LogP contribution in [0.2, 0.25) is 0 Å². The Balaban J connectivity index is 2.16. The molecule has 0 amide bonds. The molecule has 1 fully saturated rings. The summed E-state index contributed by atoms with van der Waals surface area (Å²) >= 11 is 0. The van der Waals surface area contributed by atoms with E-state index in [0.717, 1.165) is 11.1 Å². The van der Waals surface area contributed by atoms with Gasteiger partial charge in [0.1, 0.15) is 24.4 Å². The molecular formula is C10H10O3. The molecule has 1 aromatic carbocycles. The van der Waals surface area contributed by atoms with Crippen LogP contribution in [0.3, 0.4) is 0 Å². The van der Waals surface area contributed by atoms with Gasteiger partial charge in [-0.1, -0.05) is 24.3 Å². The Morgan fingerprint density at radius 1 is 0.923 bits per heavy atom. The summed E-state index contributed by atoms with van der Waals surface area (Å²) in [5.41, 5.74) is 2.04. The average Bonchev–Trinajstić information content (AvgIpc) is 2.66. The third-order valence-corrected chi connectivity index (χ3v) is 2.87. The second kappa shape index (κ2) is 2.32. The van der Waals surface area contributed by atoms with Crippen LogP contribution in [0, 0.1) is 0 Å². The van der Waals surface area contributed by atoms with Crippen LogP contribution in [0.15, 0.2) is 24.3 Å². The summed E-state index contributed by atoms with van der Waals surface area (Å²) in [4.78, 5) is 0. The van der Waals surface area contributed by atoms with Gasteiger partial charge in [-0.3, -0.25) is 0 Å². The van der Waals surface area contributed by atoms with Crippen molar-refractivity contribution in [3.8, 4) is 0 Å². The van der Waals surface area contributed by atoms with Gasteiger partial charge in [0.05, 0.1) is 0 Å². The van der Waals surface area contributed by atoms with Crippen molar-refractivity contribution in [3.63, 3.8) is 0 Å². The molecule has 0 saturated carbocycles. The number of rotatable bonds is 0. The molecule has 2 bridgehead atoms. The van der Waals surface area contributed by atoms with Crippen molar-refractivity contribution in [2.75, 3.05) is 0 Å². The molecule has 2 N–H and O–H groups in total. The fourth-order valence-electron chi connectivity index (χ4n) is 2.22. The van der Waals surface area contributed by atoms with Gasteiger partial charge >= 0.3 is 0 Å². The molecule has 3 nitrogen and oxygen atoms in total. The van der Waals surface area contributed by atoms with E-state index in [1.165, 1.54) is 0 Å². The maximum atomic E-state index is 9.56. The van der Waals surface area contributed by atoms with Gasteiger partial charge in [0, 0.05) is 0 Å². The highest BCUT2D eigenvalue weighted by Gasteiger charge is 2.50. The predicted molar refractivity (Wildman–Crippen MR) is 45.0 cm³/mol. The van der Waals surface area contributed by atoms with Crippen molar-refractivity contribution < 1.29 is 14.9 Å². The lowest BCUT2D eigenvalue weighted by Crippen LogP contribution is -2.30. The van der Waals surface area contributed by atoms with E-state index in [2.05, 4.69) is 0 Å². The Bertz CT molecular complexity index is 317. The second-order valence-corrected chi connectivity index (χ2v) is 3.59. The first-order valence-corrected chi connectivity index (χ1v) is 4.39. The minimum atomic E-state index is -0.764. The molecule has 0 radical (unpaired) electrons. The van der Waals surface area contributed by atoms with E-state index in [1.807, 2.05) is 24.3 Å². The number of benzene rings is 1. The zero-order valence-electron chi connectivity index (χ0n) is 6.92. The van der Waals surface area contributed by atoms with Gasteiger partial charge in [-0.2, -0.15) is 0 Å². The fraction of sp³-hybridized carbons (Fsp3) is 0.400. The highest BCUT2D eigenvalue weighted by molar-refractivity contribution is 5.39. The van der Waals surface area contributed by atoms with Crippen LogP contribution in [-0.2, 0) is 4.74 Å². The topological polar surface area (TPSA) is 49.7 Å². The number of aliphatic hydroxyl groups excluding tert-OH is 2. The van der Waals surface area contributed by atoms with Gasteiger partial charge in [-0.05, 0) is 11.1 Å². The van der Waals surface area contributed by atoms with Gasteiger partial charge in [-0.15, -0.1) is 0 Å². The maximum Gasteiger partial charge on any atom is 0.113 e. The molecule has 3 rings (SSSR count). The molecule has 2 aliphatic rings. The molecule has 13 heavy (non-hydrogen) atoms. The fourth-order valence-corrected chi connectivity index (χ4v) is 2.22. The van der Waals surface area contributed by atoms with Crippen LogP contribution in [0.4, 0.5) is 0 Å². The van der Waals surface area contributed by atoms with Crippen LogP contribution in [-0.4, -0.2) is 22.4 Å². The first-order valence-electron chi connectivity index (χ1n) is 4.39. The smallest absolute Gasteiger partial charge is 0.113 e. The summed E-state index contributed by atoms with van der Waals surface area (Å²) in [7, 11) is 0. The van der Waals surface area contributed by atoms with E-state index in [4.69, 9.17) is 4.74 Å². The van der Waals surface area contributed by atoms with E-state index in [0.29, 0.717) is 0 Å². The molecule has 3 heteroatoms. The first kappa shape index (κ1) is 7.50. The van der Waals surface area contributed by atoms with Gasteiger partial charge in [0.15, 0.2) is 0 Å². The van der Waals surface area contributed by atoms with Crippen LogP contribution in [0.25, 0.3) is 0 Å². The highest BCUT2D eigenvalue weighted by atomic mass is 16.5. The number of fused-ring (bicyclic) bond motifs is 5. The Kier molecular flexibility index (Phi) is 1.34. The summed E-state index contributed by atoms with van der Waals surface area (Å²) in [6, 6.07) is 7.72. The standard InChI is InChI=1S/C10H10O3/c11-7-8(12)10-6-4-2-1-3-5(6)9(7)13-10/h1-4,7-12H. The van der Waals surface area contributed by atoms with Gasteiger partial charge in [0.2, 0.25) is 0 Å². The zero-order chi connectivity index (χ0) is 9.00. The Hall–Kier alpha value is -0.900. The average molecular weight is 178 g/mol. The number of hydrogen-bond acceptors (Lipinski definition) is 3. The molecule has 1 saturated heterocycles. The van der Waals surface area contributed by atoms with Crippen LogP contribution in [0.1, 0.15) is 23.3 Å². The largest absolute Gasteiger partial charge is 0.387 e. The second-order valence-electron chi connectivity index (χ2n) is 3.59.